The molecule has 0 radical (unpaired) electrons. The summed E-state index contributed by atoms with van der Waals surface area (Å²) in [6.07, 6.45) is 4.78. The minimum Gasteiger partial charge on any atom is -0.385 e. The molecule has 1 aliphatic carbocycles. The number of methoxy groups -OCH3 is 1. The van der Waals surface area contributed by atoms with Gasteiger partial charge >= 0.3 is 0 Å². The Kier molecular flexibility index (Phi) is 6.72. The Morgan fingerprint density at radius 2 is 2.27 bits per heavy atom. The number of aromatic nitrogens is 2. The number of hydrogen-bond acceptors (Lipinski definition) is 6. The first-order chi connectivity index (χ1) is 12.7. The van der Waals surface area contributed by atoms with Gasteiger partial charge < -0.3 is 10.1 Å². The van der Waals surface area contributed by atoms with Crippen LogP contribution in [0.1, 0.15) is 36.6 Å². The highest BCUT2D eigenvalue weighted by molar-refractivity contribution is 7.99. The molecular weight excluding hydrogens is 370 g/mol. The predicted molar refractivity (Wildman–Crippen MR) is 106 cm³/mol. The lowest BCUT2D eigenvalue weighted by atomic mass is 10.2. The van der Waals surface area contributed by atoms with E-state index in [9.17, 15) is 9.59 Å². The third kappa shape index (κ3) is 4.13. The number of thioether (sulfide) groups is 1. The zero-order chi connectivity index (χ0) is 18.5. The number of fused-ring (bicyclic) bond motifs is 3. The van der Waals surface area contributed by atoms with Crippen LogP contribution in [0.25, 0.3) is 10.2 Å². The molecule has 0 atom stereocenters. The van der Waals surface area contributed by atoms with Gasteiger partial charge in [0.1, 0.15) is 4.83 Å². The number of aryl methyl sites for hydroxylation is 2. The largest absolute Gasteiger partial charge is 0.385 e. The number of carbonyl (C=O) groups excluding carboxylic acids is 1. The fourth-order valence-corrected chi connectivity index (χ4v) is 5.34. The van der Waals surface area contributed by atoms with Crippen molar-refractivity contribution in [3.05, 3.63) is 20.8 Å². The molecule has 2 heterocycles. The van der Waals surface area contributed by atoms with Crippen molar-refractivity contribution in [2.75, 3.05) is 26.0 Å². The van der Waals surface area contributed by atoms with E-state index in [1.54, 1.807) is 23.0 Å². The summed E-state index contributed by atoms with van der Waals surface area (Å²) in [6.45, 7) is 3.84. The summed E-state index contributed by atoms with van der Waals surface area (Å²) in [7, 11) is 1.66. The molecule has 0 bridgehead atoms. The van der Waals surface area contributed by atoms with Gasteiger partial charge in [-0.25, -0.2) is 4.98 Å². The van der Waals surface area contributed by atoms with Crippen molar-refractivity contribution < 1.29 is 9.53 Å². The van der Waals surface area contributed by atoms with Crippen LogP contribution >= 0.6 is 23.1 Å². The van der Waals surface area contributed by atoms with Gasteiger partial charge in [-0.05, 0) is 37.7 Å². The maximum atomic E-state index is 13.2. The topological polar surface area (TPSA) is 73.2 Å². The highest BCUT2D eigenvalue weighted by atomic mass is 32.2. The van der Waals surface area contributed by atoms with Crippen LogP contribution in [0.5, 0.6) is 0 Å². The van der Waals surface area contributed by atoms with Gasteiger partial charge in [0.05, 0.1) is 11.1 Å². The standard InChI is InChI=1S/C18H25N3O3S2/c1-3-8-19-14(22)11-25-18-20-16-15(12-6-4-7-13(12)26-16)17(23)21(18)9-5-10-24-2/h3-11H2,1-2H3,(H,19,22). The Balaban J connectivity index is 1.90. The van der Waals surface area contributed by atoms with Crippen molar-refractivity contribution in [2.45, 2.75) is 50.7 Å². The van der Waals surface area contributed by atoms with Crippen LogP contribution in [0.3, 0.4) is 0 Å². The first-order valence-electron chi connectivity index (χ1n) is 9.09. The number of rotatable bonds is 9. The third-order valence-corrected chi connectivity index (χ3v) is 6.59. The Morgan fingerprint density at radius 3 is 3.04 bits per heavy atom. The molecule has 2 aromatic heterocycles. The molecule has 1 amide bonds. The molecule has 0 fully saturated rings. The minimum absolute atomic E-state index is 0.0247. The van der Waals surface area contributed by atoms with Gasteiger partial charge in [-0.2, -0.15) is 0 Å². The van der Waals surface area contributed by atoms with E-state index < -0.39 is 0 Å². The zero-order valence-corrected chi connectivity index (χ0v) is 16.9. The maximum Gasteiger partial charge on any atom is 0.263 e. The molecule has 142 valence electrons. The van der Waals surface area contributed by atoms with Crippen molar-refractivity contribution in [3.8, 4) is 0 Å². The second-order valence-corrected chi connectivity index (χ2v) is 8.40. The average molecular weight is 396 g/mol. The van der Waals surface area contributed by atoms with Crippen LogP contribution in [0.4, 0.5) is 0 Å². The summed E-state index contributed by atoms with van der Waals surface area (Å²) < 4.78 is 6.85. The number of thiophene rings is 1. The summed E-state index contributed by atoms with van der Waals surface area (Å²) in [5, 5.41) is 4.29. The van der Waals surface area contributed by atoms with Gasteiger partial charge in [-0.3, -0.25) is 14.2 Å². The fourth-order valence-electron chi connectivity index (χ4n) is 3.18. The van der Waals surface area contributed by atoms with Gasteiger partial charge in [0.25, 0.3) is 5.56 Å². The number of nitrogens with zero attached hydrogens (tertiary/aromatic N) is 2. The van der Waals surface area contributed by atoms with Crippen molar-refractivity contribution in [3.63, 3.8) is 0 Å². The van der Waals surface area contributed by atoms with E-state index in [1.165, 1.54) is 22.2 Å². The number of carbonyl (C=O) groups is 1. The third-order valence-electron chi connectivity index (χ3n) is 4.42. The second-order valence-electron chi connectivity index (χ2n) is 6.37. The molecule has 3 rings (SSSR count). The number of amides is 1. The molecule has 0 aliphatic heterocycles. The van der Waals surface area contributed by atoms with Gasteiger partial charge in [-0.1, -0.05) is 18.7 Å². The van der Waals surface area contributed by atoms with Crippen LogP contribution in [0, 0.1) is 0 Å². The van der Waals surface area contributed by atoms with Crippen LogP contribution in [-0.2, 0) is 28.9 Å². The Bertz CT molecular complexity index is 844. The summed E-state index contributed by atoms with van der Waals surface area (Å²) in [6, 6.07) is 0. The van der Waals surface area contributed by atoms with E-state index in [2.05, 4.69) is 5.32 Å². The van der Waals surface area contributed by atoms with Crippen molar-refractivity contribution in [1.82, 2.24) is 14.9 Å². The normalized spacial score (nSPS) is 13.3. The maximum absolute atomic E-state index is 13.2. The molecule has 0 unspecified atom stereocenters. The predicted octanol–water partition coefficient (Wildman–Crippen LogP) is 2.60. The van der Waals surface area contributed by atoms with E-state index in [1.807, 2.05) is 6.92 Å². The van der Waals surface area contributed by atoms with Gasteiger partial charge in [0, 0.05) is 31.7 Å². The molecule has 6 nitrogen and oxygen atoms in total. The molecule has 0 aromatic carbocycles. The monoisotopic (exact) mass is 395 g/mol. The van der Waals surface area contributed by atoms with Crippen molar-refractivity contribution in [1.29, 1.82) is 0 Å². The summed E-state index contributed by atoms with van der Waals surface area (Å²) in [4.78, 5) is 32.0. The minimum atomic E-state index is -0.0247. The molecule has 2 aromatic rings. The first-order valence-corrected chi connectivity index (χ1v) is 10.9. The lowest BCUT2D eigenvalue weighted by Crippen LogP contribution is -2.27. The average Bonchev–Trinajstić information content (AvgIpc) is 3.20. The summed E-state index contributed by atoms with van der Waals surface area (Å²) in [5.41, 5.74) is 1.22. The van der Waals surface area contributed by atoms with E-state index in [4.69, 9.17) is 9.72 Å². The number of ether oxygens (including phenoxy) is 1. The van der Waals surface area contributed by atoms with E-state index in [0.717, 1.165) is 42.3 Å². The fraction of sp³-hybridized carbons (Fsp3) is 0.611. The summed E-state index contributed by atoms with van der Waals surface area (Å²) in [5.74, 6) is 0.246. The van der Waals surface area contributed by atoms with Gasteiger partial charge in [0.2, 0.25) is 5.91 Å². The van der Waals surface area contributed by atoms with Crippen molar-refractivity contribution in [2.24, 2.45) is 0 Å². The lowest BCUT2D eigenvalue weighted by Gasteiger charge is -2.12. The van der Waals surface area contributed by atoms with Gasteiger partial charge in [0.15, 0.2) is 5.16 Å². The van der Waals surface area contributed by atoms with Gasteiger partial charge in [-0.15, -0.1) is 11.3 Å². The first kappa shape index (κ1) is 19.4. The highest BCUT2D eigenvalue weighted by Gasteiger charge is 2.23. The zero-order valence-electron chi connectivity index (χ0n) is 15.3. The Labute approximate surface area is 161 Å². The second kappa shape index (κ2) is 9.01. The van der Waals surface area contributed by atoms with E-state index >= 15 is 0 Å². The van der Waals surface area contributed by atoms with Crippen LogP contribution in [0.2, 0.25) is 0 Å². The number of nitrogens with one attached hydrogen (secondary N) is 1. The van der Waals surface area contributed by atoms with Crippen LogP contribution < -0.4 is 10.9 Å². The molecule has 1 aliphatic rings. The molecule has 1 N–H and O–H groups in total. The van der Waals surface area contributed by atoms with E-state index in [-0.39, 0.29) is 17.2 Å². The number of hydrogen-bond donors (Lipinski definition) is 1. The Morgan fingerprint density at radius 1 is 1.42 bits per heavy atom. The molecule has 26 heavy (non-hydrogen) atoms. The molecule has 0 saturated heterocycles. The van der Waals surface area contributed by atoms with Crippen LogP contribution in [-0.4, -0.2) is 41.5 Å². The van der Waals surface area contributed by atoms with Crippen LogP contribution in [0.15, 0.2) is 9.95 Å². The smallest absolute Gasteiger partial charge is 0.263 e. The highest BCUT2D eigenvalue weighted by Crippen LogP contribution is 2.35. The molecular formula is C18H25N3O3S2. The Hall–Kier alpha value is -1.38. The van der Waals surface area contributed by atoms with Crippen molar-refractivity contribution >= 4 is 39.2 Å². The molecule has 8 heteroatoms. The molecule has 0 spiro atoms. The quantitative estimate of drug-likeness (QED) is 0.401. The lowest BCUT2D eigenvalue weighted by molar-refractivity contribution is -0.118. The van der Waals surface area contributed by atoms with E-state index in [0.29, 0.717) is 24.9 Å². The summed E-state index contributed by atoms with van der Waals surface area (Å²) >= 11 is 2.98. The SMILES string of the molecule is CCCNC(=O)CSc1nc2sc3c(c2c(=O)n1CCCOC)CCC3. The molecule has 0 saturated carbocycles.